The maximum atomic E-state index is 12.9. The Morgan fingerprint density at radius 3 is 2.28 bits per heavy atom. The smallest absolute Gasteiger partial charge is 0.271 e. The van der Waals surface area contributed by atoms with Gasteiger partial charge in [-0.1, -0.05) is 42.8 Å². The molecule has 0 unspecified atom stereocenters. The van der Waals surface area contributed by atoms with Crippen LogP contribution in [0.3, 0.4) is 0 Å². The monoisotopic (exact) mass is 420 g/mol. The van der Waals surface area contributed by atoms with Gasteiger partial charge in [-0.25, -0.2) is 4.39 Å². The van der Waals surface area contributed by atoms with E-state index in [0.29, 0.717) is 6.54 Å². The molecule has 29 heavy (non-hydrogen) atoms. The summed E-state index contributed by atoms with van der Waals surface area (Å²) in [6.07, 6.45) is 0. The molecule has 0 atom stereocenters. The first-order chi connectivity index (χ1) is 13.9. The van der Waals surface area contributed by atoms with Crippen molar-refractivity contribution in [3.63, 3.8) is 0 Å². The van der Waals surface area contributed by atoms with E-state index >= 15 is 0 Å². The average Bonchev–Trinajstić information content (AvgIpc) is 2.71. The van der Waals surface area contributed by atoms with Crippen LogP contribution in [0, 0.1) is 5.82 Å². The van der Waals surface area contributed by atoms with Gasteiger partial charge in [-0.3, -0.25) is 30.1 Å². The van der Waals surface area contributed by atoms with Crippen LogP contribution in [0.15, 0.2) is 48.5 Å². The maximum Gasteiger partial charge on any atom is 0.271 e. The van der Waals surface area contributed by atoms with Crippen molar-refractivity contribution >= 4 is 29.3 Å². The number of nitrogens with zero attached hydrogens (tertiary/aromatic N) is 1. The minimum absolute atomic E-state index is 0.00355. The van der Waals surface area contributed by atoms with Crippen molar-refractivity contribution in [2.45, 2.75) is 13.5 Å². The van der Waals surface area contributed by atoms with Crippen LogP contribution in [0.4, 0.5) is 4.39 Å². The molecule has 0 saturated carbocycles. The van der Waals surface area contributed by atoms with E-state index in [9.17, 15) is 18.8 Å². The highest BCUT2D eigenvalue weighted by Gasteiger charge is 2.15. The fourth-order valence-electron chi connectivity index (χ4n) is 2.42. The molecule has 0 aromatic heterocycles. The van der Waals surface area contributed by atoms with E-state index in [2.05, 4.69) is 16.2 Å². The van der Waals surface area contributed by atoms with Crippen LogP contribution in [0.5, 0.6) is 0 Å². The second kappa shape index (κ2) is 11.1. The fraction of sp³-hybridized carbons (Fsp3) is 0.250. The number of carbonyl (C=O) groups is 3. The Hall–Kier alpha value is -2.97. The summed E-state index contributed by atoms with van der Waals surface area (Å²) < 4.78 is 12.9. The van der Waals surface area contributed by atoms with Crippen molar-refractivity contribution in [3.8, 4) is 0 Å². The van der Waals surface area contributed by atoms with E-state index in [-0.39, 0.29) is 41.9 Å². The van der Waals surface area contributed by atoms with Crippen LogP contribution < -0.4 is 16.2 Å². The van der Waals surface area contributed by atoms with Gasteiger partial charge in [0.05, 0.1) is 23.7 Å². The summed E-state index contributed by atoms with van der Waals surface area (Å²) in [4.78, 5) is 37.8. The molecule has 0 aliphatic carbocycles. The van der Waals surface area contributed by atoms with Crippen LogP contribution in [0.2, 0.25) is 5.02 Å². The highest BCUT2D eigenvalue weighted by molar-refractivity contribution is 6.33. The first kappa shape index (κ1) is 22.3. The molecule has 3 N–H and O–H groups in total. The van der Waals surface area contributed by atoms with Gasteiger partial charge >= 0.3 is 0 Å². The molecule has 0 heterocycles. The third kappa shape index (κ3) is 7.52. The van der Waals surface area contributed by atoms with Gasteiger partial charge in [-0.2, -0.15) is 0 Å². The Morgan fingerprint density at radius 1 is 0.966 bits per heavy atom. The van der Waals surface area contributed by atoms with Crippen LogP contribution in [-0.2, 0) is 16.1 Å². The molecule has 0 radical (unpaired) electrons. The quantitative estimate of drug-likeness (QED) is 0.569. The van der Waals surface area contributed by atoms with E-state index < -0.39 is 11.8 Å². The predicted molar refractivity (Wildman–Crippen MR) is 107 cm³/mol. The first-order valence-corrected chi connectivity index (χ1v) is 9.34. The number of benzene rings is 2. The number of hydrazine groups is 1. The molecule has 0 bridgehead atoms. The Morgan fingerprint density at radius 2 is 1.62 bits per heavy atom. The van der Waals surface area contributed by atoms with Crippen molar-refractivity contribution in [1.82, 2.24) is 21.1 Å². The number of hydrogen-bond donors (Lipinski definition) is 3. The topological polar surface area (TPSA) is 90.5 Å². The zero-order valence-electron chi connectivity index (χ0n) is 15.9. The Balaban J connectivity index is 1.75. The van der Waals surface area contributed by atoms with Crippen molar-refractivity contribution in [1.29, 1.82) is 0 Å². The highest BCUT2D eigenvalue weighted by Crippen LogP contribution is 2.14. The van der Waals surface area contributed by atoms with Crippen molar-refractivity contribution in [3.05, 3.63) is 70.5 Å². The minimum Gasteiger partial charge on any atom is -0.351 e. The van der Waals surface area contributed by atoms with Gasteiger partial charge < -0.3 is 5.32 Å². The SMILES string of the molecule is CCN(CC(=O)NCc1ccc(F)cc1)CC(=O)NNC(=O)c1ccccc1Cl. The van der Waals surface area contributed by atoms with Gasteiger partial charge in [0, 0.05) is 6.54 Å². The number of nitrogens with one attached hydrogen (secondary N) is 3. The van der Waals surface area contributed by atoms with E-state index in [0.717, 1.165) is 5.56 Å². The summed E-state index contributed by atoms with van der Waals surface area (Å²) in [7, 11) is 0. The van der Waals surface area contributed by atoms with E-state index in [1.54, 1.807) is 35.2 Å². The number of halogens is 2. The number of rotatable bonds is 8. The summed E-state index contributed by atoms with van der Waals surface area (Å²) >= 11 is 5.94. The van der Waals surface area contributed by atoms with Crippen molar-refractivity contribution in [2.75, 3.05) is 19.6 Å². The molecule has 154 valence electrons. The molecule has 0 aliphatic rings. The molecule has 0 saturated heterocycles. The highest BCUT2D eigenvalue weighted by atomic mass is 35.5. The average molecular weight is 421 g/mol. The lowest BCUT2D eigenvalue weighted by Gasteiger charge is -2.19. The Kier molecular flexibility index (Phi) is 8.57. The lowest BCUT2D eigenvalue weighted by atomic mass is 10.2. The molecule has 3 amide bonds. The molecule has 9 heteroatoms. The summed E-state index contributed by atoms with van der Waals surface area (Å²) in [6.45, 7) is 2.45. The number of amides is 3. The number of hydrogen-bond acceptors (Lipinski definition) is 4. The normalized spacial score (nSPS) is 10.5. The fourth-order valence-corrected chi connectivity index (χ4v) is 2.64. The number of likely N-dealkylation sites (N-methyl/N-ethyl adjacent to an activating group) is 1. The maximum absolute atomic E-state index is 12.9. The zero-order valence-corrected chi connectivity index (χ0v) is 16.6. The van der Waals surface area contributed by atoms with Crippen LogP contribution in [0.25, 0.3) is 0 Å². The van der Waals surface area contributed by atoms with E-state index in [1.165, 1.54) is 18.2 Å². The van der Waals surface area contributed by atoms with Gasteiger partial charge in [0.1, 0.15) is 5.82 Å². The van der Waals surface area contributed by atoms with E-state index in [4.69, 9.17) is 11.6 Å². The van der Waals surface area contributed by atoms with E-state index in [1.807, 2.05) is 6.92 Å². The predicted octanol–water partition coefficient (Wildman–Crippen LogP) is 1.88. The standard InChI is InChI=1S/C20H22ClFN4O3/c1-2-26(12-18(27)23-11-14-7-9-15(22)10-8-14)13-19(28)24-25-20(29)16-5-3-4-6-17(16)21/h3-10H,2,11-13H2,1H3,(H,23,27)(H,24,28)(H,25,29). The van der Waals surface area contributed by atoms with Crippen LogP contribution in [0.1, 0.15) is 22.8 Å². The summed E-state index contributed by atoms with van der Waals surface area (Å²) in [5.41, 5.74) is 5.60. The lowest BCUT2D eigenvalue weighted by molar-refractivity contribution is -0.125. The third-order valence-electron chi connectivity index (χ3n) is 4.02. The van der Waals surface area contributed by atoms with Gasteiger partial charge in [0.25, 0.3) is 11.8 Å². The molecule has 7 nitrogen and oxygen atoms in total. The van der Waals surface area contributed by atoms with Crippen LogP contribution >= 0.6 is 11.6 Å². The molecule has 0 fully saturated rings. The number of carbonyl (C=O) groups excluding carboxylic acids is 3. The molecular weight excluding hydrogens is 399 g/mol. The third-order valence-corrected chi connectivity index (χ3v) is 4.35. The molecule has 2 rings (SSSR count). The van der Waals surface area contributed by atoms with Crippen molar-refractivity contribution < 1.29 is 18.8 Å². The van der Waals surface area contributed by atoms with Gasteiger partial charge in [-0.05, 0) is 36.4 Å². The Bertz CT molecular complexity index is 861. The second-order valence-corrected chi connectivity index (χ2v) is 6.60. The first-order valence-electron chi connectivity index (χ1n) is 8.96. The summed E-state index contributed by atoms with van der Waals surface area (Å²) in [6, 6.07) is 12.3. The van der Waals surface area contributed by atoms with Crippen molar-refractivity contribution in [2.24, 2.45) is 0 Å². The van der Waals surface area contributed by atoms with Gasteiger partial charge in [0.2, 0.25) is 5.91 Å². The van der Waals surface area contributed by atoms with Crippen LogP contribution in [-0.4, -0.2) is 42.3 Å². The zero-order chi connectivity index (χ0) is 21.2. The molecular formula is C20H22ClFN4O3. The molecule has 2 aromatic rings. The molecule has 0 aliphatic heterocycles. The summed E-state index contributed by atoms with van der Waals surface area (Å²) in [5, 5.41) is 2.99. The molecule has 2 aromatic carbocycles. The van der Waals surface area contributed by atoms with Gasteiger partial charge in [0.15, 0.2) is 0 Å². The molecule has 0 spiro atoms. The minimum atomic E-state index is -0.538. The largest absolute Gasteiger partial charge is 0.351 e. The summed E-state index contributed by atoms with van der Waals surface area (Å²) in [5.74, 6) is -1.63. The van der Waals surface area contributed by atoms with Gasteiger partial charge in [-0.15, -0.1) is 0 Å². The second-order valence-electron chi connectivity index (χ2n) is 6.19. The Labute approximate surface area is 173 Å². The lowest BCUT2D eigenvalue weighted by Crippen LogP contribution is -2.48.